The molecule has 3 heterocycles. The van der Waals surface area contributed by atoms with E-state index in [4.69, 9.17) is 0 Å². The van der Waals surface area contributed by atoms with Crippen LogP contribution in [0.15, 0.2) is 54.1 Å². The van der Waals surface area contributed by atoms with Crippen molar-refractivity contribution in [3.8, 4) is 0 Å². The van der Waals surface area contributed by atoms with E-state index in [1.54, 1.807) is 0 Å². The number of hydrogen-bond donors (Lipinski definition) is 2. The molecule has 0 amide bonds. The fraction of sp³-hybridized carbons (Fsp3) is 0.417. The molecule has 30 heavy (non-hydrogen) atoms. The van der Waals surface area contributed by atoms with Gasteiger partial charge in [-0.15, -0.1) is 0 Å². The summed E-state index contributed by atoms with van der Waals surface area (Å²) in [6.07, 6.45) is 4.53. The number of nitrogens with zero attached hydrogens (tertiary/aromatic N) is 3. The van der Waals surface area contributed by atoms with Crippen LogP contribution in [-0.2, 0) is 0 Å². The summed E-state index contributed by atoms with van der Waals surface area (Å²) >= 11 is 0. The Labute approximate surface area is 177 Å². The summed E-state index contributed by atoms with van der Waals surface area (Å²) in [4.78, 5) is 10.9. The summed E-state index contributed by atoms with van der Waals surface area (Å²) in [6, 6.07) is 8.59. The number of anilines is 1. The molecule has 0 spiro atoms. The van der Waals surface area contributed by atoms with Crippen molar-refractivity contribution < 1.29 is 4.39 Å². The normalized spacial score (nSPS) is 21.7. The van der Waals surface area contributed by atoms with Crippen molar-refractivity contribution in [1.29, 1.82) is 0 Å². The lowest BCUT2D eigenvalue weighted by Crippen LogP contribution is -2.52. The first-order chi connectivity index (χ1) is 14.4. The number of halogens is 1. The number of aromatic nitrogens is 1. The van der Waals surface area contributed by atoms with E-state index < -0.39 is 6.17 Å². The van der Waals surface area contributed by atoms with Gasteiger partial charge in [0.1, 0.15) is 12.0 Å². The van der Waals surface area contributed by atoms with Gasteiger partial charge in [0.15, 0.2) is 0 Å². The van der Waals surface area contributed by atoms with Gasteiger partial charge in [-0.2, -0.15) is 0 Å². The third kappa shape index (κ3) is 4.54. The van der Waals surface area contributed by atoms with Crippen molar-refractivity contribution >= 4 is 27.9 Å². The second-order valence-corrected chi connectivity index (χ2v) is 8.58. The highest BCUT2D eigenvalue weighted by Gasteiger charge is 2.30. The van der Waals surface area contributed by atoms with Crippen molar-refractivity contribution in [3.63, 3.8) is 0 Å². The Hall–Kier alpha value is -2.73. The summed E-state index contributed by atoms with van der Waals surface area (Å²) in [5.41, 5.74) is 3.55. The predicted octanol–water partition coefficient (Wildman–Crippen LogP) is 4.73. The molecule has 1 aromatic heterocycles. The number of allylic oxidation sites excluding steroid dienone is 1. The maximum atomic E-state index is 14.6. The number of fused-ring (bicyclic) bond motifs is 1. The average Bonchev–Trinajstić information content (AvgIpc) is 3.15. The van der Waals surface area contributed by atoms with Gasteiger partial charge >= 0.3 is 0 Å². The molecule has 158 valence electrons. The minimum Gasteiger partial charge on any atom is -0.356 e. The SMILES string of the molecule is C=C(Nc1cc2cc(C3=CN=C(C)C3)ccc2cn1)N1CC[C@H](NC(C)C)C(F)C1. The zero-order valence-corrected chi connectivity index (χ0v) is 18.0. The molecule has 1 unspecified atom stereocenters. The van der Waals surface area contributed by atoms with Gasteiger partial charge in [0.05, 0.1) is 12.4 Å². The maximum absolute atomic E-state index is 14.6. The molecule has 4 rings (SSSR count). The Bertz CT molecular complexity index is 1010. The zero-order valence-electron chi connectivity index (χ0n) is 18.0. The largest absolute Gasteiger partial charge is 0.356 e. The Morgan fingerprint density at radius 3 is 2.80 bits per heavy atom. The van der Waals surface area contributed by atoms with Crippen molar-refractivity contribution in [2.75, 3.05) is 18.4 Å². The first-order valence-corrected chi connectivity index (χ1v) is 10.6. The maximum Gasteiger partial charge on any atom is 0.133 e. The summed E-state index contributed by atoms with van der Waals surface area (Å²) in [7, 11) is 0. The van der Waals surface area contributed by atoms with Crippen LogP contribution in [0.25, 0.3) is 16.3 Å². The van der Waals surface area contributed by atoms with Crippen molar-refractivity contribution in [1.82, 2.24) is 15.2 Å². The summed E-state index contributed by atoms with van der Waals surface area (Å²) in [5, 5.41) is 8.77. The van der Waals surface area contributed by atoms with Crippen LogP contribution in [-0.4, -0.2) is 46.9 Å². The average molecular weight is 408 g/mol. The molecule has 2 aromatic rings. The van der Waals surface area contributed by atoms with E-state index in [0.717, 1.165) is 41.7 Å². The molecule has 5 nitrogen and oxygen atoms in total. The molecule has 2 N–H and O–H groups in total. The predicted molar refractivity (Wildman–Crippen MR) is 123 cm³/mol. The lowest BCUT2D eigenvalue weighted by atomic mass is 10.0. The van der Waals surface area contributed by atoms with Crippen LogP contribution in [0.2, 0.25) is 0 Å². The van der Waals surface area contributed by atoms with E-state index in [0.29, 0.717) is 12.4 Å². The van der Waals surface area contributed by atoms with Crippen LogP contribution in [0.4, 0.5) is 10.2 Å². The van der Waals surface area contributed by atoms with Crippen LogP contribution in [0.1, 0.15) is 39.2 Å². The van der Waals surface area contributed by atoms with E-state index in [1.807, 2.05) is 44.1 Å². The van der Waals surface area contributed by atoms with E-state index in [1.165, 1.54) is 11.1 Å². The van der Waals surface area contributed by atoms with Gasteiger partial charge in [-0.1, -0.05) is 32.6 Å². The van der Waals surface area contributed by atoms with Crippen LogP contribution in [0.3, 0.4) is 0 Å². The number of aliphatic imine (C=N–C) groups is 1. The van der Waals surface area contributed by atoms with Crippen LogP contribution in [0, 0.1) is 0 Å². The molecule has 0 radical (unpaired) electrons. The van der Waals surface area contributed by atoms with E-state index in [9.17, 15) is 4.39 Å². The third-order valence-electron chi connectivity index (χ3n) is 5.72. The topological polar surface area (TPSA) is 52.6 Å². The number of rotatable bonds is 6. The molecule has 6 heteroatoms. The van der Waals surface area contributed by atoms with Crippen LogP contribution < -0.4 is 10.6 Å². The molecule has 2 aliphatic rings. The first kappa shape index (κ1) is 20.5. The molecule has 0 aliphatic carbocycles. The molecule has 0 saturated carbocycles. The van der Waals surface area contributed by atoms with Crippen molar-refractivity contribution in [2.24, 2.45) is 4.99 Å². The Balaban J connectivity index is 1.44. The first-order valence-electron chi connectivity index (χ1n) is 10.6. The summed E-state index contributed by atoms with van der Waals surface area (Å²) in [5.74, 6) is 1.40. The number of nitrogens with one attached hydrogen (secondary N) is 2. The van der Waals surface area contributed by atoms with Crippen molar-refractivity contribution in [2.45, 2.75) is 51.9 Å². The van der Waals surface area contributed by atoms with Crippen LogP contribution >= 0.6 is 0 Å². The van der Waals surface area contributed by atoms with Gasteiger partial charge in [-0.3, -0.25) is 4.99 Å². The molecule has 1 aromatic carbocycles. The molecule has 2 aliphatic heterocycles. The zero-order chi connectivity index (χ0) is 21.3. The molecule has 0 bridgehead atoms. The third-order valence-corrected chi connectivity index (χ3v) is 5.72. The Morgan fingerprint density at radius 1 is 1.27 bits per heavy atom. The summed E-state index contributed by atoms with van der Waals surface area (Å²) in [6.45, 7) is 11.4. The number of piperidine rings is 1. The number of hydrogen-bond acceptors (Lipinski definition) is 5. The van der Waals surface area contributed by atoms with Gasteiger partial charge in [-0.05, 0) is 42.0 Å². The van der Waals surface area contributed by atoms with Gasteiger partial charge in [-0.25, -0.2) is 9.37 Å². The highest BCUT2D eigenvalue weighted by atomic mass is 19.1. The lowest BCUT2D eigenvalue weighted by molar-refractivity contribution is 0.124. The second kappa shape index (κ2) is 8.56. The van der Waals surface area contributed by atoms with Gasteiger partial charge in [0.2, 0.25) is 0 Å². The van der Waals surface area contributed by atoms with Gasteiger partial charge in [0.25, 0.3) is 0 Å². The fourth-order valence-electron chi connectivity index (χ4n) is 4.13. The standard InChI is InChI=1S/C24H30FN5/c1-15(2)28-23-7-8-30(14-22(23)25)17(4)29-24-11-20-10-18(5-6-19(20)12-27-24)21-9-16(3)26-13-21/h5-6,10-13,15,22-23,28H,4,7-9,14H2,1-3H3,(H,27,29)/t22?,23-/m0/s1. The number of alkyl halides is 1. The minimum atomic E-state index is -0.919. The van der Waals surface area contributed by atoms with E-state index in [2.05, 4.69) is 45.4 Å². The smallest absolute Gasteiger partial charge is 0.133 e. The van der Waals surface area contributed by atoms with E-state index >= 15 is 0 Å². The lowest BCUT2D eigenvalue weighted by Gasteiger charge is -2.38. The molecule has 2 atom stereocenters. The summed E-state index contributed by atoms with van der Waals surface area (Å²) < 4.78 is 14.6. The fourth-order valence-corrected chi connectivity index (χ4v) is 4.13. The number of likely N-dealkylation sites (tertiary alicyclic amines) is 1. The molecule has 1 saturated heterocycles. The van der Waals surface area contributed by atoms with Gasteiger partial charge < -0.3 is 15.5 Å². The molecular weight excluding hydrogens is 377 g/mol. The Morgan fingerprint density at radius 2 is 2.10 bits per heavy atom. The quantitative estimate of drug-likeness (QED) is 0.727. The Kier molecular flexibility index (Phi) is 5.86. The highest BCUT2D eigenvalue weighted by molar-refractivity contribution is 5.98. The minimum absolute atomic E-state index is 0.0937. The molecule has 1 fully saturated rings. The second-order valence-electron chi connectivity index (χ2n) is 8.58. The van der Waals surface area contributed by atoms with Crippen molar-refractivity contribution in [3.05, 3.63) is 54.6 Å². The highest BCUT2D eigenvalue weighted by Crippen LogP contribution is 2.28. The number of benzene rings is 1. The monoisotopic (exact) mass is 407 g/mol. The molecular formula is C24H30FN5. The van der Waals surface area contributed by atoms with E-state index in [-0.39, 0.29) is 12.1 Å². The number of pyridine rings is 1. The van der Waals surface area contributed by atoms with Gasteiger partial charge in [0, 0.05) is 48.5 Å². The van der Waals surface area contributed by atoms with Crippen LogP contribution in [0.5, 0.6) is 0 Å².